The van der Waals surface area contributed by atoms with E-state index in [9.17, 15) is 4.79 Å². The van der Waals surface area contributed by atoms with E-state index in [1.807, 2.05) is 18.2 Å². The van der Waals surface area contributed by atoms with E-state index < -0.39 is 0 Å². The van der Waals surface area contributed by atoms with E-state index in [2.05, 4.69) is 86.5 Å². The number of aromatic nitrogens is 3. The SMILES string of the molecule is CNc1nc(NC[C@H](C)c2ccccc2)nc(NC2CCC(C(=O)NCc3ccccc3C)CC2)n1. The van der Waals surface area contributed by atoms with Gasteiger partial charge in [0.05, 0.1) is 0 Å². The van der Waals surface area contributed by atoms with Crippen LogP contribution < -0.4 is 21.3 Å². The number of amides is 1. The zero-order chi connectivity index (χ0) is 25.3. The zero-order valence-corrected chi connectivity index (χ0v) is 21.4. The summed E-state index contributed by atoms with van der Waals surface area (Å²) < 4.78 is 0. The predicted molar refractivity (Wildman–Crippen MR) is 145 cm³/mol. The second kappa shape index (κ2) is 12.3. The molecule has 0 bridgehead atoms. The molecule has 1 aliphatic carbocycles. The van der Waals surface area contributed by atoms with Gasteiger partial charge in [-0.1, -0.05) is 61.5 Å². The molecule has 1 amide bonds. The molecule has 4 N–H and O–H groups in total. The topological polar surface area (TPSA) is 104 Å². The molecule has 1 aliphatic rings. The first kappa shape index (κ1) is 25.4. The predicted octanol–water partition coefficient (Wildman–Crippen LogP) is 4.72. The van der Waals surface area contributed by atoms with Crippen LogP contribution in [0.15, 0.2) is 54.6 Å². The van der Waals surface area contributed by atoms with Crippen molar-refractivity contribution in [2.24, 2.45) is 5.92 Å². The number of benzene rings is 2. The van der Waals surface area contributed by atoms with Gasteiger partial charge in [-0.25, -0.2) is 0 Å². The molecule has 1 heterocycles. The van der Waals surface area contributed by atoms with E-state index in [0.29, 0.717) is 30.3 Å². The number of rotatable bonds is 10. The van der Waals surface area contributed by atoms with Gasteiger partial charge >= 0.3 is 0 Å². The molecule has 4 rings (SSSR count). The molecule has 1 aromatic heterocycles. The Morgan fingerprint density at radius 3 is 2.31 bits per heavy atom. The number of aryl methyl sites for hydroxylation is 1. The first-order chi connectivity index (χ1) is 17.5. The summed E-state index contributed by atoms with van der Waals surface area (Å²) in [6, 6.07) is 18.8. The fourth-order valence-corrected chi connectivity index (χ4v) is 4.59. The van der Waals surface area contributed by atoms with Crippen LogP contribution in [0.25, 0.3) is 0 Å². The Morgan fingerprint density at radius 1 is 0.917 bits per heavy atom. The fraction of sp³-hybridized carbons (Fsp3) is 0.429. The number of nitrogens with one attached hydrogen (secondary N) is 4. The van der Waals surface area contributed by atoms with E-state index >= 15 is 0 Å². The van der Waals surface area contributed by atoms with E-state index in [4.69, 9.17) is 0 Å². The van der Waals surface area contributed by atoms with Crippen LogP contribution in [0.2, 0.25) is 0 Å². The van der Waals surface area contributed by atoms with Gasteiger partial charge in [-0.05, 0) is 55.2 Å². The molecule has 190 valence electrons. The van der Waals surface area contributed by atoms with Gasteiger partial charge in [0.2, 0.25) is 23.8 Å². The number of carbonyl (C=O) groups excluding carboxylic acids is 1. The molecule has 3 aromatic rings. The molecule has 0 radical (unpaired) electrons. The molecule has 8 nitrogen and oxygen atoms in total. The molecule has 2 aromatic carbocycles. The molecule has 8 heteroatoms. The molecule has 1 atom stereocenters. The fourth-order valence-electron chi connectivity index (χ4n) is 4.59. The maximum absolute atomic E-state index is 12.7. The Morgan fingerprint density at radius 2 is 1.58 bits per heavy atom. The van der Waals surface area contributed by atoms with Gasteiger partial charge < -0.3 is 21.3 Å². The summed E-state index contributed by atoms with van der Waals surface area (Å²) in [5.74, 6) is 2.14. The van der Waals surface area contributed by atoms with Gasteiger partial charge in [0.25, 0.3) is 0 Å². The molecule has 1 fully saturated rings. The first-order valence-corrected chi connectivity index (χ1v) is 12.8. The minimum absolute atomic E-state index is 0.0509. The van der Waals surface area contributed by atoms with Gasteiger partial charge in [-0.15, -0.1) is 0 Å². The van der Waals surface area contributed by atoms with Gasteiger partial charge in [0.15, 0.2) is 0 Å². The van der Waals surface area contributed by atoms with Crippen LogP contribution in [0, 0.1) is 12.8 Å². The van der Waals surface area contributed by atoms with E-state index in [-0.39, 0.29) is 17.9 Å². The van der Waals surface area contributed by atoms with Crippen LogP contribution in [-0.4, -0.2) is 40.5 Å². The second-order valence-electron chi connectivity index (χ2n) is 9.59. The first-order valence-electron chi connectivity index (χ1n) is 12.8. The van der Waals surface area contributed by atoms with Crippen LogP contribution in [0.1, 0.15) is 55.2 Å². The van der Waals surface area contributed by atoms with Crippen LogP contribution >= 0.6 is 0 Å². The van der Waals surface area contributed by atoms with Crippen LogP contribution in [0.4, 0.5) is 17.8 Å². The average molecular weight is 488 g/mol. The maximum Gasteiger partial charge on any atom is 0.229 e. The van der Waals surface area contributed by atoms with E-state index in [0.717, 1.165) is 32.2 Å². The number of carbonyl (C=O) groups is 1. The number of anilines is 3. The van der Waals surface area contributed by atoms with Crippen molar-refractivity contribution < 1.29 is 4.79 Å². The van der Waals surface area contributed by atoms with Crippen molar-refractivity contribution in [2.45, 2.75) is 58.0 Å². The maximum atomic E-state index is 12.7. The van der Waals surface area contributed by atoms with Gasteiger partial charge in [0.1, 0.15) is 0 Å². The van der Waals surface area contributed by atoms with E-state index in [1.165, 1.54) is 16.7 Å². The lowest BCUT2D eigenvalue weighted by Crippen LogP contribution is -2.36. The number of nitrogens with zero attached hydrogens (tertiary/aromatic N) is 3. The van der Waals surface area contributed by atoms with Crippen molar-refractivity contribution >= 4 is 23.8 Å². The standard InChI is InChI=1S/C28H37N7O/c1-19-9-7-8-12-23(19)18-30-25(36)22-13-15-24(16-14-22)32-28-34-26(29-3)33-27(35-28)31-17-20(2)21-10-5-4-6-11-21/h4-12,20,22,24H,13-18H2,1-3H3,(H,30,36)(H3,29,31,32,33,34,35)/t20-,22?,24?/m0/s1. The largest absolute Gasteiger partial charge is 0.357 e. The molecular formula is C28H37N7O. The minimum atomic E-state index is 0.0509. The molecular weight excluding hydrogens is 450 g/mol. The zero-order valence-electron chi connectivity index (χ0n) is 21.4. The molecule has 0 unspecified atom stereocenters. The Kier molecular flexibility index (Phi) is 8.71. The average Bonchev–Trinajstić information content (AvgIpc) is 2.92. The third-order valence-corrected chi connectivity index (χ3v) is 6.94. The summed E-state index contributed by atoms with van der Waals surface area (Å²) in [7, 11) is 1.80. The van der Waals surface area contributed by atoms with Gasteiger partial charge in [-0.3, -0.25) is 4.79 Å². The summed E-state index contributed by atoms with van der Waals surface area (Å²) in [6.07, 6.45) is 3.50. The Hall–Kier alpha value is -3.68. The highest BCUT2D eigenvalue weighted by Crippen LogP contribution is 2.27. The summed E-state index contributed by atoms with van der Waals surface area (Å²) in [5, 5.41) is 13.0. The van der Waals surface area contributed by atoms with Gasteiger partial charge in [0, 0.05) is 32.1 Å². The Bertz CT molecular complexity index is 1130. The van der Waals surface area contributed by atoms with Crippen LogP contribution in [0.5, 0.6) is 0 Å². The van der Waals surface area contributed by atoms with E-state index in [1.54, 1.807) is 7.05 Å². The van der Waals surface area contributed by atoms with Crippen LogP contribution in [-0.2, 0) is 11.3 Å². The molecule has 0 saturated heterocycles. The summed E-state index contributed by atoms with van der Waals surface area (Å²) in [4.78, 5) is 26.3. The lowest BCUT2D eigenvalue weighted by molar-refractivity contribution is -0.126. The molecule has 36 heavy (non-hydrogen) atoms. The lowest BCUT2D eigenvalue weighted by atomic mass is 9.85. The molecule has 1 saturated carbocycles. The van der Waals surface area contributed by atoms with Gasteiger partial charge in [-0.2, -0.15) is 15.0 Å². The third kappa shape index (κ3) is 6.93. The number of hydrogen-bond acceptors (Lipinski definition) is 7. The highest BCUT2D eigenvalue weighted by molar-refractivity contribution is 5.78. The normalized spacial score (nSPS) is 18.2. The highest BCUT2D eigenvalue weighted by atomic mass is 16.1. The lowest BCUT2D eigenvalue weighted by Gasteiger charge is -2.28. The third-order valence-electron chi connectivity index (χ3n) is 6.94. The van der Waals surface area contributed by atoms with Crippen molar-refractivity contribution in [3.63, 3.8) is 0 Å². The Labute approximate surface area is 213 Å². The van der Waals surface area contributed by atoms with Crippen LogP contribution in [0.3, 0.4) is 0 Å². The highest BCUT2D eigenvalue weighted by Gasteiger charge is 2.27. The second-order valence-corrected chi connectivity index (χ2v) is 9.59. The Balaban J connectivity index is 1.28. The van der Waals surface area contributed by atoms with Crippen molar-refractivity contribution in [1.29, 1.82) is 0 Å². The monoisotopic (exact) mass is 487 g/mol. The quantitative estimate of drug-likeness (QED) is 0.328. The minimum Gasteiger partial charge on any atom is -0.357 e. The van der Waals surface area contributed by atoms with Crippen molar-refractivity contribution in [2.75, 3.05) is 29.5 Å². The van der Waals surface area contributed by atoms with Crippen molar-refractivity contribution in [1.82, 2.24) is 20.3 Å². The molecule has 0 spiro atoms. The smallest absolute Gasteiger partial charge is 0.229 e. The molecule has 0 aliphatic heterocycles. The summed E-state index contributed by atoms with van der Waals surface area (Å²) >= 11 is 0. The number of hydrogen-bond donors (Lipinski definition) is 4. The summed E-state index contributed by atoms with van der Waals surface area (Å²) in [5.41, 5.74) is 3.64. The van der Waals surface area contributed by atoms with Crippen molar-refractivity contribution in [3.8, 4) is 0 Å². The van der Waals surface area contributed by atoms with Crippen molar-refractivity contribution in [3.05, 3.63) is 71.3 Å². The summed E-state index contributed by atoms with van der Waals surface area (Å²) in [6.45, 7) is 5.56.